The highest BCUT2D eigenvalue weighted by molar-refractivity contribution is 7.89. The predicted octanol–water partition coefficient (Wildman–Crippen LogP) is 1.42. The molecule has 1 saturated heterocycles. The van der Waals surface area contributed by atoms with Gasteiger partial charge >= 0.3 is 0 Å². The van der Waals surface area contributed by atoms with E-state index in [4.69, 9.17) is 11.6 Å². The summed E-state index contributed by atoms with van der Waals surface area (Å²) in [5.41, 5.74) is 0.964. The largest absolute Gasteiger partial charge is 0.309 e. The van der Waals surface area contributed by atoms with Gasteiger partial charge < -0.3 is 4.90 Å². The van der Waals surface area contributed by atoms with Gasteiger partial charge in [-0.1, -0.05) is 0 Å². The van der Waals surface area contributed by atoms with Crippen molar-refractivity contribution in [3.8, 4) is 0 Å². The van der Waals surface area contributed by atoms with Crippen LogP contribution in [0.5, 0.6) is 0 Å². The number of alkyl halides is 1. The summed E-state index contributed by atoms with van der Waals surface area (Å²) >= 11 is 5.80. The third-order valence-corrected chi connectivity index (χ3v) is 6.24. The van der Waals surface area contributed by atoms with Crippen LogP contribution in [-0.4, -0.2) is 61.5 Å². The second-order valence-electron chi connectivity index (χ2n) is 5.87. The van der Waals surface area contributed by atoms with Crippen molar-refractivity contribution in [2.75, 3.05) is 33.7 Å². The molecule has 2 heterocycles. The topological polar surface area (TPSA) is 69.3 Å². The summed E-state index contributed by atoms with van der Waals surface area (Å²) in [6, 6.07) is 0. The first-order chi connectivity index (χ1) is 9.86. The Balaban J connectivity index is 2.13. The Bertz CT molecular complexity index is 577. The average Bonchev–Trinajstić information content (AvgIpc) is 2.80. The third kappa shape index (κ3) is 3.59. The minimum absolute atomic E-state index is 0.0933. The molecular weight excluding hydrogens is 312 g/mol. The Kier molecular flexibility index (Phi) is 5.29. The lowest BCUT2D eigenvalue weighted by Crippen LogP contribution is -2.40. The summed E-state index contributed by atoms with van der Waals surface area (Å²) in [6.45, 7) is 3.85. The minimum Gasteiger partial charge on any atom is -0.309 e. The molecule has 8 heteroatoms. The molecule has 0 aromatic carbocycles. The van der Waals surface area contributed by atoms with Gasteiger partial charge in [0.1, 0.15) is 4.90 Å². The normalized spacial score (nSPS) is 18.5. The van der Waals surface area contributed by atoms with Crippen molar-refractivity contribution >= 4 is 21.6 Å². The van der Waals surface area contributed by atoms with E-state index in [2.05, 4.69) is 15.1 Å². The molecule has 1 aliphatic heterocycles. The van der Waals surface area contributed by atoms with E-state index < -0.39 is 10.0 Å². The van der Waals surface area contributed by atoms with Crippen molar-refractivity contribution in [1.82, 2.24) is 19.4 Å². The second-order valence-corrected chi connectivity index (χ2v) is 8.01. The van der Waals surface area contributed by atoms with E-state index >= 15 is 0 Å². The zero-order chi connectivity index (χ0) is 15.6. The summed E-state index contributed by atoms with van der Waals surface area (Å²) in [4.78, 5) is 2.41. The van der Waals surface area contributed by atoms with E-state index in [0.717, 1.165) is 19.4 Å². The Morgan fingerprint density at radius 1 is 1.38 bits per heavy atom. The van der Waals surface area contributed by atoms with E-state index in [-0.39, 0.29) is 10.8 Å². The van der Waals surface area contributed by atoms with Gasteiger partial charge in [-0.3, -0.25) is 5.10 Å². The van der Waals surface area contributed by atoms with Crippen molar-refractivity contribution in [3.05, 3.63) is 11.4 Å². The quantitative estimate of drug-likeness (QED) is 0.827. The lowest BCUT2D eigenvalue weighted by molar-refractivity contribution is 0.225. The number of nitrogens with one attached hydrogen (secondary N) is 1. The standard InChI is InChI=1S/C13H23ClN4O2S/c1-10-13(12(8-14)16-15-10)21(19,20)18-6-4-11(5-7-18)9-17(2)3/h11H,4-9H2,1-3H3,(H,15,16). The minimum atomic E-state index is -3.50. The first-order valence-corrected chi connectivity index (χ1v) is 9.08. The summed E-state index contributed by atoms with van der Waals surface area (Å²) in [5, 5.41) is 6.70. The van der Waals surface area contributed by atoms with E-state index in [9.17, 15) is 8.42 Å². The van der Waals surface area contributed by atoms with Crippen LogP contribution in [0, 0.1) is 12.8 Å². The SMILES string of the molecule is Cc1[nH]nc(CCl)c1S(=O)(=O)N1CCC(CN(C)C)CC1. The number of halogens is 1. The van der Waals surface area contributed by atoms with Gasteiger partial charge in [-0.25, -0.2) is 8.42 Å². The number of piperidine rings is 1. The maximum absolute atomic E-state index is 12.8. The van der Waals surface area contributed by atoms with Gasteiger partial charge in [0.05, 0.1) is 17.3 Å². The van der Waals surface area contributed by atoms with Crippen LogP contribution in [0.15, 0.2) is 4.90 Å². The summed E-state index contributed by atoms with van der Waals surface area (Å²) < 4.78 is 27.1. The van der Waals surface area contributed by atoms with Gasteiger partial charge in [0.25, 0.3) is 0 Å². The Hall–Kier alpha value is -0.630. The van der Waals surface area contributed by atoms with Crippen molar-refractivity contribution in [1.29, 1.82) is 0 Å². The Morgan fingerprint density at radius 2 is 2.00 bits per heavy atom. The van der Waals surface area contributed by atoms with Crippen LogP contribution in [0.25, 0.3) is 0 Å². The average molecular weight is 335 g/mol. The molecule has 21 heavy (non-hydrogen) atoms. The van der Waals surface area contributed by atoms with Crippen molar-refractivity contribution in [2.24, 2.45) is 5.92 Å². The summed E-state index contributed by atoms with van der Waals surface area (Å²) in [7, 11) is 0.590. The number of aromatic nitrogens is 2. The van der Waals surface area contributed by atoms with Crippen molar-refractivity contribution < 1.29 is 8.42 Å². The van der Waals surface area contributed by atoms with Crippen LogP contribution in [0.2, 0.25) is 0 Å². The first kappa shape index (κ1) is 16.7. The van der Waals surface area contributed by atoms with Gasteiger partial charge in [0.2, 0.25) is 10.0 Å². The highest BCUT2D eigenvalue weighted by atomic mass is 35.5. The fourth-order valence-electron chi connectivity index (χ4n) is 2.88. The highest BCUT2D eigenvalue weighted by Crippen LogP contribution is 2.27. The number of nitrogens with zero attached hydrogens (tertiary/aromatic N) is 3. The van der Waals surface area contributed by atoms with Crippen LogP contribution < -0.4 is 0 Å². The summed E-state index contributed by atoms with van der Waals surface area (Å²) in [5.74, 6) is 0.653. The predicted molar refractivity (Wildman–Crippen MR) is 82.9 cm³/mol. The zero-order valence-electron chi connectivity index (χ0n) is 12.8. The molecule has 120 valence electrons. The molecule has 2 rings (SSSR count). The zero-order valence-corrected chi connectivity index (χ0v) is 14.3. The van der Waals surface area contributed by atoms with Crippen LogP contribution in [-0.2, 0) is 15.9 Å². The van der Waals surface area contributed by atoms with Gasteiger partial charge in [-0.15, -0.1) is 11.6 Å². The molecule has 1 aromatic rings. The number of hydrogen-bond donors (Lipinski definition) is 1. The van der Waals surface area contributed by atoms with Crippen LogP contribution in [0.3, 0.4) is 0 Å². The molecule has 1 N–H and O–H groups in total. The molecule has 0 saturated carbocycles. The number of hydrogen-bond acceptors (Lipinski definition) is 4. The molecule has 0 amide bonds. The molecule has 0 radical (unpaired) electrons. The molecule has 0 spiro atoms. The molecule has 0 unspecified atom stereocenters. The van der Waals surface area contributed by atoms with E-state index in [0.29, 0.717) is 30.4 Å². The van der Waals surface area contributed by atoms with Crippen LogP contribution in [0.1, 0.15) is 24.2 Å². The van der Waals surface area contributed by atoms with Crippen LogP contribution >= 0.6 is 11.6 Å². The molecule has 1 fully saturated rings. The highest BCUT2D eigenvalue weighted by Gasteiger charge is 2.33. The third-order valence-electron chi connectivity index (χ3n) is 3.88. The molecular formula is C13H23ClN4O2S. The number of aryl methyl sites for hydroxylation is 1. The van der Waals surface area contributed by atoms with Gasteiger partial charge in [-0.2, -0.15) is 9.40 Å². The number of sulfonamides is 1. The molecule has 1 aliphatic rings. The van der Waals surface area contributed by atoms with Crippen molar-refractivity contribution in [3.63, 3.8) is 0 Å². The fourth-order valence-corrected chi connectivity index (χ4v) is 4.95. The van der Waals surface area contributed by atoms with E-state index in [1.165, 1.54) is 0 Å². The molecule has 0 aliphatic carbocycles. The number of H-pyrrole nitrogens is 1. The van der Waals surface area contributed by atoms with Gasteiger partial charge in [-0.05, 0) is 39.8 Å². The molecule has 0 bridgehead atoms. The number of aromatic amines is 1. The van der Waals surface area contributed by atoms with E-state index in [1.807, 2.05) is 14.1 Å². The molecule has 1 aromatic heterocycles. The smallest absolute Gasteiger partial charge is 0.246 e. The first-order valence-electron chi connectivity index (χ1n) is 7.11. The van der Waals surface area contributed by atoms with Crippen molar-refractivity contribution in [2.45, 2.75) is 30.5 Å². The maximum atomic E-state index is 12.8. The summed E-state index contributed by atoms with van der Waals surface area (Å²) in [6.07, 6.45) is 1.79. The van der Waals surface area contributed by atoms with Gasteiger partial charge in [0, 0.05) is 19.6 Å². The second kappa shape index (κ2) is 6.64. The monoisotopic (exact) mass is 334 g/mol. The van der Waals surface area contributed by atoms with E-state index in [1.54, 1.807) is 11.2 Å². The Morgan fingerprint density at radius 3 is 2.52 bits per heavy atom. The maximum Gasteiger partial charge on any atom is 0.246 e. The lowest BCUT2D eigenvalue weighted by atomic mass is 9.98. The molecule has 0 atom stereocenters. The Labute approximate surface area is 131 Å². The fraction of sp³-hybridized carbons (Fsp3) is 0.769. The molecule has 6 nitrogen and oxygen atoms in total. The van der Waals surface area contributed by atoms with Crippen LogP contribution in [0.4, 0.5) is 0 Å². The number of rotatable bonds is 5. The lowest BCUT2D eigenvalue weighted by Gasteiger charge is -2.32. The van der Waals surface area contributed by atoms with Gasteiger partial charge in [0.15, 0.2) is 0 Å².